The predicted molar refractivity (Wildman–Crippen MR) is 85.6 cm³/mol. The Balaban J connectivity index is 2.19. The van der Waals surface area contributed by atoms with Crippen molar-refractivity contribution in [2.45, 2.75) is 6.61 Å². The van der Waals surface area contributed by atoms with Gasteiger partial charge in [0, 0.05) is 11.6 Å². The largest absolute Gasteiger partial charge is 0.497 e. The van der Waals surface area contributed by atoms with Crippen molar-refractivity contribution in [2.24, 2.45) is 0 Å². The van der Waals surface area contributed by atoms with Gasteiger partial charge in [-0.15, -0.1) is 0 Å². The molecule has 0 saturated carbocycles. The van der Waals surface area contributed by atoms with Gasteiger partial charge in [0.2, 0.25) is 0 Å². The third-order valence-corrected chi connectivity index (χ3v) is 3.63. The zero-order chi connectivity index (χ0) is 15.4. The first-order valence-electron chi connectivity index (χ1n) is 5.99. The minimum atomic E-state index is -0.406. The maximum absolute atomic E-state index is 13.8. The molecule has 0 saturated heterocycles. The molecule has 0 aliphatic rings. The average molecular weight is 398 g/mol. The van der Waals surface area contributed by atoms with Gasteiger partial charge >= 0.3 is 0 Å². The molecule has 0 aliphatic carbocycles. The number of nitrogen functional groups attached to an aromatic ring is 1. The van der Waals surface area contributed by atoms with Crippen molar-refractivity contribution in [3.63, 3.8) is 0 Å². The standard InChI is InChI=1S/C15H12FIN2O2/c1-20-11-3-2-10(12(16)6-11)8-21-15-13(17)4-9(7-18)5-14(15)19/h2-6H,8,19H2,1H3. The van der Waals surface area contributed by atoms with Crippen molar-refractivity contribution in [3.8, 4) is 17.6 Å². The van der Waals surface area contributed by atoms with Crippen LogP contribution in [-0.4, -0.2) is 7.11 Å². The summed E-state index contributed by atoms with van der Waals surface area (Å²) in [6.45, 7) is 0.0436. The monoisotopic (exact) mass is 398 g/mol. The summed E-state index contributed by atoms with van der Waals surface area (Å²) in [5, 5.41) is 8.86. The second-order valence-electron chi connectivity index (χ2n) is 4.23. The molecule has 0 amide bonds. The summed E-state index contributed by atoms with van der Waals surface area (Å²) in [6.07, 6.45) is 0. The van der Waals surface area contributed by atoms with Crippen LogP contribution >= 0.6 is 22.6 Å². The number of ether oxygens (including phenoxy) is 2. The molecule has 2 aromatic carbocycles. The maximum atomic E-state index is 13.8. The van der Waals surface area contributed by atoms with Crippen LogP contribution in [0.3, 0.4) is 0 Å². The minimum absolute atomic E-state index is 0.0436. The molecule has 2 aromatic rings. The Hall–Kier alpha value is -2.01. The van der Waals surface area contributed by atoms with Crippen LogP contribution in [0.1, 0.15) is 11.1 Å². The third-order valence-electron chi connectivity index (χ3n) is 2.83. The van der Waals surface area contributed by atoms with Crippen LogP contribution in [0.5, 0.6) is 11.5 Å². The van der Waals surface area contributed by atoms with Gasteiger partial charge < -0.3 is 15.2 Å². The quantitative estimate of drug-likeness (QED) is 0.633. The van der Waals surface area contributed by atoms with Crippen molar-refractivity contribution < 1.29 is 13.9 Å². The summed E-state index contributed by atoms with van der Waals surface area (Å²) in [4.78, 5) is 0. The Morgan fingerprint density at radius 1 is 1.33 bits per heavy atom. The molecule has 6 heteroatoms. The van der Waals surface area contributed by atoms with Crippen LogP contribution in [0.25, 0.3) is 0 Å². The summed E-state index contributed by atoms with van der Waals surface area (Å²) < 4.78 is 25.1. The van der Waals surface area contributed by atoms with Crippen LogP contribution in [0.4, 0.5) is 10.1 Å². The summed E-state index contributed by atoms with van der Waals surface area (Å²) in [5.74, 6) is 0.491. The highest BCUT2D eigenvalue weighted by Gasteiger charge is 2.11. The Labute approximate surface area is 135 Å². The van der Waals surface area contributed by atoms with Crippen molar-refractivity contribution in [1.82, 2.24) is 0 Å². The molecule has 0 aromatic heterocycles. The number of methoxy groups -OCH3 is 1. The molecule has 0 bridgehead atoms. The minimum Gasteiger partial charge on any atom is -0.497 e. The first kappa shape index (κ1) is 15.4. The molecule has 0 aliphatic heterocycles. The lowest BCUT2D eigenvalue weighted by Crippen LogP contribution is -2.03. The number of nitriles is 1. The van der Waals surface area contributed by atoms with Crippen molar-refractivity contribution in [3.05, 3.63) is 50.8 Å². The van der Waals surface area contributed by atoms with E-state index in [9.17, 15) is 4.39 Å². The number of nitrogens with two attached hydrogens (primary N) is 1. The van der Waals surface area contributed by atoms with Crippen LogP contribution < -0.4 is 15.2 Å². The van der Waals surface area contributed by atoms with E-state index in [1.54, 1.807) is 18.2 Å². The average Bonchev–Trinajstić information content (AvgIpc) is 2.47. The fourth-order valence-corrected chi connectivity index (χ4v) is 2.56. The highest BCUT2D eigenvalue weighted by molar-refractivity contribution is 14.1. The van der Waals surface area contributed by atoms with E-state index in [1.807, 2.05) is 28.7 Å². The molecule has 2 N–H and O–H groups in total. The highest BCUT2D eigenvalue weighted by atomic mass is 127. The van der Waals surface area contributed by atoms with E-state index >= 15 is 0 Å². The van der Waals surface area contributed by atoms with Gasteiger partial charge in [-0.25, -0.2) is 4.39 Å². The topological polar surface area (TPSA) is 68.3 Å². The number of hydrogen-bond donors (Lipinski definition) is 1. The lowest BCUT2D eigenvalue weighted by atomic mass is 10.2. The van der Waals surface area contributed by atoms with E-state index in [0.29, 0.717) is 31.9 Å². The molecular weight excluding hydrogens is 386 g/mol. The van der Waals surface area contributed by atoms with E-state index < -0.39 is 5.82 Å². The van der Waals surface area contributed by atoms with Gasteiger partial charge in [0.15, 0.2) is 5.75 Å². The van der Waals surface area contributed by atoms with E-state index in [-0.39, 0.29) is 6.61 Å². The van der Waals surface area contributed by atoms with Crippen molar-refractivity contribution >= 4 is 28.3 Å². The van der Waals surface area contributed by atoms with E-state index in [1.165, 1.54) is 19.2 Å². The second kappa shape index (κ2) is 6.63. The number of halogens is 2. The van der Waals surface area contributed by atoms with Gasteiger partial charge in [-0.3, -0.25) is 0 Å². The van der Waals surface area contributed by atoms with Gasteiger partial charge in [0.1, 0.15) is 18.2 Å². The SMILES string of the molecule is COc1ccc(COc2c(N)cc(C#N)cc2I)c(F)c1. The third kappa shape index (κ3) is 3.55. The molecule has 0 unspecified atom stereocenters. The maximum Gasteiger partial charge on any atom is 0.156 e. The molecule has 108 valence electrons. The fourth-order valence-electron chi connectivity index (χ4n) is 1.75. The number of rotatable bonds is 4. The zero-order valence-electron chi connectivity index (χ0n) is 11.2. The Morgan fingerprint density at radius 3 is 2.67 bits per heavy atom. The fraction of sp³-hybridized carbons (Fsp3) is 0.133. The van der Waals surface area contributed by atoms with E-state index in [2.05, 4.69) is 0 Å². The molecule has 0 spiro atoms. The molecule has 0 heterocycles. The lowest BCUT2D eigenvalue weighted by molar-refractivity contribution is 0.299. The molecular formula is C15H12FIN2O2. The zero-order valence-corrected chi connectivity index (χ0v) is 13.3. The molecule has 21 heavy (non-hydrogen) atoms. The Morgan fingerprint density at radius 2 is 2.10 bits per heavy atom. The van der Waals surface area contributed by atoms with Gasteiger partial charge in [-0.2, -0.15) is 5.26 Å². The first-order chi connectivity index (χ1) is 10.0. The summed E-state index contributed by atoms with van der Waals surface area (Å²) in [5.41, 5.74) is 7.06. The molecule has 0 radical (unpaired) electrons. The molecule has 0 fully saturated rings. The van der Waals surface area contributed by atoms with Crippen LogP contribution in [0.2, 0.25) is 0 Å². The Bertz CT molecular complexity index is 690. The normalized spacial score (nSPS) is 10.0. The summed E-state index contributed by atoms with van der Waals surface area (Å²) in [6, 6.07) is 9.77. The highest BCUT2D eigenvalue weighted by Crippen LogP contribution is 2.30. The van der Waals surface area contributed by atoms with Crippen LogP contribution in [0, 0.1) is 20.7 Å². The summed E-state index contributed by atoms with van der Waals surface area (Å²) in [7, 11) is 1.48. The predicted octanol–water partition coefficient (Wildman–Crippen LogP) is 3.47. The van der Waals surface area contributed by atoms with Gasteiger partial charge in [0.25, 0.3) is 0 Å². The van der Waals surface area contributed by atoms with Gasteiger partial charge in [-0.1, -0.05) is 0 Å². The van der Waals surface area contributed by atoms with Gasteiger partial charge in [-0.05, 0) is 46.9 Å². The first-order valence-corrected chi connectivity index (χ1v) is 7.07. The van der Waals surface area contributed by atoms with Crippen molar-refractivity contribution in [1.29, 1.82) is 5.26 Å². The number of anilines is 1. The molecule has 4 nitrogen and oxygen atoms in total. The van der Waals surface area contributed by atoms with Crippen LogP contribution in [0.15, 0.2) is 30.3 Å². The number of nitrogens with zero attached hydrogens (tertiary/aromatic N) is 1. The lowest BCUT2D eigenvalue weighted by Gasteiger charge is -2.12. The smallest absolute Gasteiger partial charge is 0.156 e. The number of hydrogen-bond acceptors (Lipinski definition) is 4. The Kier molecular flexibility index (Phi) is 4.85. The molecule has 2 rings (SSSR count). The van der Waals surface area contributed by atoms with Gasteiger partial charge in [0.05, 0.1) is 28.0 Å². The van der Waals surface area contributed by atoms with Crippen molar-refractivity contribution in [2.75, 3.05) is 12.8 Å². The number of benzene rings is 2. The van der Waals surface area contributed by atoms with E-state index in [0.717, 1.165) is 0 Å². The second-order valence-corrected chi connectivity index (χ2v) is 5.40. The molecule has 0 atom stereocenters. The van der Waals surface area contributed by atoms with E-state index in [4.69, 9.17) is 20.5 Å². The summed E-state index contributed by atoms with van der Waals surface area (Å²) >= 11 is 2.03. The van der Waals surface area contributed by atoms with Crippen LogP contribution in [-0.2, 0) is 6.61 Å².